The standard InChI is InChI=1S/C15H18ClNO/c1-10-4-5-12(9-14(10)16)15-7-6-13(18-15)8-11(2)17-3/h4-7,9,11,17H,8H2,1-3H3. The molecule has 0 bridgehead atoms. The van der Waals surface area contributed by atoms with Crippen LogP contribution < -0.4 is 5.32 Å². The lowest BCUT2D eigenvalue weighted by Gasteiger charge is -2.07. The Morgan fingerprint density at radius 1 is 1.28 bits per heavy atom. The van der Waals surface area contributed by atoms with Gasteiger partial charge in [0.15, 0.2) is 0 Å². The number of halogens is 1. The fourth-order valence-electron chi connectivity index (χ4n) is 1.79. The van der Waals surface area contributed by atoms with Gasteiger partial charge in [0.05, 0.1) is 0 Å². The highest BCUT2D eigenvalue weighted by atomic mass is 35.5. The number of aryl methyl sites for hydroxylation is 1. The lowest BCUT2D eigenvalue weighted by molar-refractivity contribution is 0.481. The molecular weight excluding hydrogens is 246 g/mol. The number of rotatable bonds is 4. The van der Waals surface area contributed by atoms with Gasteiger partial charge in [-0.2, -0.15) is 0 Å². The number of nitrogens with one attached hydrogen (secondary N) is 1. The van der Waals surface area contributed by atoms with Crippen molar-refractivity contribution < 1.29 is 4.42 Å². The number of furan rings is 1. The smallest absolute Gasteiger partial charge is 0.134 e. The summed E-state index contributed by atoms with van der Waals surface area (Å²) in [6.45, 7) is 4.12. The Labute approximate surface area is 113 Å². The van der Waals surface area contributed by atoms with Crippen LogP contribution in [0.4, 0.5) is 0 Å². The van der Waals surface area contributed by atoms with Crippen LogP contribution in [-0.2, 0) is 6.42 Å². The van der Waals surface area contributed by atoms with Crippen LogP contribution in [0.15, 0.2) is 34.7 Å². The molecular formula is C15H18ClNO. The van der Waals surface area contributed by atoms with Crippen molar-refractivity contribution in [2.24, 2.45) is 0 Å². The second-order valence-corrected chi connectivity index (χ2v) is 5.03. The first-order valence-corrected chi connectivity index (χ1v) is 6.50. The lowest BCUT2D eigenvalue weighted by atomic mass is 10.1. The summed E-state index contributed by atoms with van der Waals surface area (Å²) in [5.41, 5.74) is 2.10. The number of likely N-dealkylation sites (N-methyl/N-ethyl adjacent to an activating group) is 1. The highest BCUT2D eigenvalue weighted by Crippen LogP contribution is 2.27. The van der Waals surface area contributed by atoms with Gasteiger partial charge in [0, 0.05) is 23.0 Å². The first-order valence-electron chi connectivity index (χ1n) is 6.12. The molecule has 0 aliphatic rings. The van der Waals surface area contributed by atoms with Crippen LogP contribution in [0.2, 0.25) is 5.02 Å². The monoisotopic (exact) mass is 263 g/mol. The van der Waals surface area contributed by atoms with Crippen molar-refractivity contribution >= 4 is 11.6 Å². The SMILES string of the molecule is CNC(C)Cc1ccc(-c2ccc(C)c(Cl)c2)o1. The van der Waals surface area contributed by atoms with Crippen LogP contribution in [-0.4, -0.2) is 13.1 Å². The Hall–Kier alpha value is -1.25. The van der Waals surface area contributed by atoms with Crippen LogP contribution in [0.1, 0.15) is 18.2 Å². The predicted octanol–water partition coefficient (Wildman–Crippen LogP) is 4.06. The van der Waals surface area contributed by atoms with Crippen molar-refractivity contribution in [2.75, 3.05) is 7.05 Å². The molecule has 0 saturated heterocycles. The second-order valence-electron chi connectivity index (χ2n) is 4.62. The summed E-state index contributed by atoms with van der Waals surface area (Å²) in [5.74, 6) is 1.86. The Morgan fingerprint density at radius 3 is 2.72 bits per heavy atom. The second kappa shape index (κ2) is 5.59. The van der Waals surface area contributed by atoms with E-state index in [9.17, 15) is 0 Å². The molecule has 3 heteroatoms. The fraction of sp³-hybridized carbons (Fsp3) is 0.333. The maximum atomic E-state index is 6.13. The van der Waals surface area contributed by atoms with Gasteiger partial charge in [-0.3, -0.25) is 0 Å². The molecule has 1 unspecified atom stereocenters. The molecule has 1 atom stereocenters. The highest BCUT2D eigenvalue weighted by Gasteiger charge is 2.08. The van der Waals surface area contributed by atoms with Crippen LogP contribution in [0.25, 0.3) is 11.3 Å². The molecule has 0 radical (unpaired) electrons. The minimum absolute atomic E-state index is 0.408. The van der Waals surface area contributed by atoms with E-state index in [0.29, 0.717) is 6.04 Å². The molecule has 2 aromatic rings. The third kappa shape index (κ3) is 2.95. The van der Waals surface area contributed by atoms with Crippen molar-refractivity contribution in [3.8, 4) is 11.3 Å². The zero-order valence-electron chi connectivity index (χ0n) is 11.0. The number of hydrogen-bond donors (Lipinski definition) is 1. The van der Waals surface area contributed by atoms with E-state index < -0.39 is 0 Å². The molecule has 18 heavy (non-hydrogen) atoms. The summed E-state index contributed by atoms with van der Waals surface area (Å²) in [6.07, 6.45) is 0.885. The van der Waals surface area contributed by atoms with Crippen LogP contribution in [0.3, 0.4) is 0 Å². The minimum Gasteiger partial charge on any atom is -0.461 e. The molecule has 0 spiro atoms. The van der Waals surface area contributed by atoms with Crippen molar-refractivity contribution in [1.29, 1.82) is 0 Å². The largest absolute Gasteiger partial charge is 0.461 e. The van der Waals surface area contributed by atoms with E-state index in [1.807, 2.05) is 44.3 Å². The molecule has 1 heterocycles. The lowest BCUT2D eigenvalue weighted by Crippen LogP contribution is -2.23. The molecule has 1 aromatic carbocycles. The van der Waals surface area contributed by atoms with E-state index in [1.54, 1.807) is 0 Å². The van der Waals surface area contributed by atoms with Gasteiger partial charge in [-0.1, -0.05) is 23.7 Å². The Bertz CT molecular complexity index is 533. The molecule has 0 aliphatic carbocycles. The van der Waals surface area contributed by atoms with Gasteiger partial charge in [-0.25, -0.2) is 0 Å². The first-order chi connectivity index (χ1) is 8.60. The van der Waals surface area contributed by atoms with Crippen LogP contribution in [0, 0.1) is 6.92 Å². The number of hydrogen-bond acceptors (Lipinski definition) is 2. The maximum Gasteiger partial charge on any atom is 0.134 e. The number of benzene rings is 1. The molecule has 0 fully saturated rings. The highest BCUT2D eigenvalue weighted by molar-refractivity contribution is 6.31. The maximum absolute atomic E-state index is 6.13. The average Bonchev–Trinajstić information content (AvgIpc) is 2.81. The van der Waals surface area contributed by atoms with Gasteiger partial charge in [0.25, 0.3) is 0 Å². The predicted molar refractivity (Wildman–Crippen MR) is 76.1 cm³/mol. The van der Waals surface area contributed by atoms with Gasteiger partial charge >= 0.3 is 0 Å². The van der Waals surface area contributed by atoms with Gasteiger partial charge in [-0.15, -0.1) is 0 Å². The summed E-state index contributed by atoms with van der Waals surface area (Å²) in [5, 5.41) is 3.97. The Morgan fingerprint density at radius 2 is 2.06 bits per heavy atom. The minimum atomic E-state index is 0.408. The molecule has 2 rings (SSSR count). The van der Waals surface area contributed by atoms with Crippen molar-refractivity contribution in [3.05, 3.63) is 46.7 Å². The zero-order valence-corrected chi connectivity index (χ0v) is 11.7. The van der Waals surface area contributed by atoms with E-state index >= 15 is 0 Å². The summed E-state index contributed by atoms with van der Waals surface area (Å²) in [7, 11) is 1.95. The van der Waals surface area contributed by atoms with E-state index in [0.717, 1.165) is 34.1 Å². The first kappa shape index (κ1) is 13.2. The molecule has 96 valence electrons. The molecule has 0 aliphatic heterocycles. The van der Waals surface area contributed by atoms with Gasteiger partial charge in [0.1, 0.15) is 11.5 Å². The molecule has 1 aromatic heterocycles. The van der Waals surface area contributed by atoms with Crippen LogP contribution >= 0.6 is 11.6 Å². The van der Waals surface area contributed by atoms with E-state index in [4.69, 9.17) is 16.0 Å². The summed E-state index contributed by atoms with van der Waals surface area (Å²) >= 11 is 6.13. The van der Waals surface area contributed by atoms with Crippen LogP contribution in [0.5, 0.6) is 0 Å². The molecule has 1 N–H and O–H groups in total. The summed E-state index contributed by atoms with van der Waals surface area (Å²) < 4.78 is 5.84. The van der Waals surface area contributed by atoms with E-state index in [1.165, 1.54) is 0 Å². The van der Waals surface area contributed by atoms with Crippen molar-refractivity contribution in [1.82, 2.24) is 5.32 Å². The molecule has 2 nitrogen and oxygen atoms in total. The van der Waals surface area contributed by atoms with Crippen molar-refractivity contribution in [3.63, 3.8) is 0 Å². The van der Waals surface area contributed by atoms with Gasteiger partial charge in [-0.05, 0) is 44.7 Å². The molecule has 0 amide bonds. The van der Waals surface area contributed by atoms with E-state index in [2.05, 4.69) is 12.2 Å². The normalized spacial score (nSPS) is 12.7. The Balaban J connectivity index is 2.21. The quantitative estimate of drug-likeness (QED) is 0.900. The van der Waals surface area contributed by atoms with E-state index in [-0.39, 0.29) is 0 Å². The summed E-state index contributed by atoms with van der Waals surface area (Å²) in [6, 6.07) is 10.4. The zero-order chi connectivity index (χ0) is 13.1. The average molecular weight is 264 g/mol. The van der Waals surface area contributed by atoms with Gasteiger partial charge < -0.3 is 9.73 Å². The Kier molecular flexibility index (Phi) is 4.10. The van der Waals surface area contributed by atoms with Gasteiger partial charge in [0.2, 0.25) is 0 Å². The topological polar surface area (TPSA) is 25.2 Å². The third-order valence-electron chi connectivity index (χ3n) is 3.12. The third-order valence-corrected chi connectivity index (χ3v) is 3.53. The summed E-state index contributed by atoms with van der Waals surface area (Å²) in [4.78, 5) is 0. The molecule has 0 saturated carbocycles. The van der Waals surface area contributed by atoms with Crippen molar-refractivity contribution in [2.45, 2.75) is 26.3 Å². The fourth-order valence-corrected chi connectivity index (χ4v) is 1.97.